The molecule has 0 spiro atoms. The van der Waals surface area contributed by atoms with Gasteiger partial charge in [0.15, 0.2) is 0 Å². The van der Waals surface area contributed by atoms with E-state index in [9.17, 15) is 9.59 Å². The molecule has 0 aliphatic carbocycles. The van der Waals surface area contributed by atoms with Crippen molar-refractivity contribution >= 4 is 50.7 Å². The SMILES string of the molecule is Cc1ccc(N2C[C@H](C(=O)Nc3cc(C)c(Br)cc3C)CC2=O)cc1Cl. The molecule has 1 aliphatic heterocycles. The number of nitrogens with zero attached hydrogens (tertiary/aromatic N) is 1. The molecule has 1 atom stereocenters. The molecular weight excluding hydrogens is 416 g/mol. The summed E-state index contributed by atoms with van der Waals surface area (Å²) in [6, 6.07) is 9.43. The molecule has 2 aromatic rings. The monoisotopic (exact) mass is 434 g/mol. The van der Waals surface area contributed by atoms with Crippen molar-refractivity contribution < 1.29 is 9.59 Å². The molecule has 2 amide bonds. The quantitative estimate of drug-likeness (QED) is 0.736. The topological polar surface area (TPSA) is 49.4 Å². The molecular formula is C20H20BrClN2O2. The van der Waals surface area contributed by atoms with E-state index in [0.717, 1.165) is 32.5 Å². The van der Waals surface area contributed by atoms with Gasteiger partial charge in [-0.05, 0) is 61.7 Å². The highest BCUT2D eigenvalue weighted by Gasteiger charge is 2.35. The lowest BCUT2D eigenvalue weighted by Crippen LogP contribution is -2.28. The molecule has 4 nitrogen and oxygen atoms in total. The van der Waals surface area contributed by atoms with E-state index in [4.69, 9.17) is 11.6 Å². The van der Waals surface area contributed by atoms with Gasteiger partial charge >= 0.3 is 0 Å². The zero-order valence-electron chi connectivity index (χ0n) is 14.9. The van der Waals surface area contributed by atoms with Crippen molar-refractivity contribution in [3.63, 3.8) is 0 Å². The molecule has 26 heavy (non-hydrogen) atoms. The maximum absolute atomic E-state index is 12.7. The Kier molecular flexibility index (Phi) is 5.39. The van der Waals surface area contributed by atoms with Crippen molar-refractivity contribution in [1.82, 2.24) is 0 Å². The molecule has 0 aromatic heterocycles. The van der Waals surface area contributed by atoms with Gasteiger partial charge in [0.1, 0.15) is 0 Å². The average molecular weight is 436 g/mol. The summed E-state index contributed by atoms with van der Waals surface area (Å²) < 4.78 is 1.01. The fraction of sp³-hybridized carbons (Fsp3) is 0.300. The molecule has 1 N–H and O–H groups in total. The summed E-state index contributed by atoms with van der Waals surface area (Å²) in [5.74, 6) is -0.580. The number of halogens is 2. The minimum atomic E-state index is -0.383. The summed E-state index contributed by atoms with van der Waals surface area (Å²) in [6.07, 6.45) is 0.200. The molecule has 1 heterocycles. The van der Waals surface area contributed by atoms with Crippen LogP contribution in [-0.4, -0.2) is 18.4 Å². The fourth-order valence-electron chi connectivity index (χ4n) is 3.03. The predicted octanol–water partition coefficient (Wildman–Crippen LogP) is 5.02. The summed E-state index contributed by atoms with van der Waals surface area (Å²) in [7, 11) is 0. The Labute approximate surface area is 166 Å². The first kappa shape index (κ1) is 18.9. The van der Waals surface area contributed by atoms with Crippen LogP contribution in [-0.2, 0) is 9.59 Å². The highest BCUT2D eigenvalue weighted by Crippen LogP contribution is 2.30. The molecule has 0 radical (unpaired) electrons. The number of amides is 2. The second-order valence-corrected chi connectivity index (χ2v) is 8.01. The van der Waals surface area contributed by atoms with Crippen molar-refractivity contribution in [2.75, 3.05) is 16.8 Å². The maximum atomic E-state index is 12.7. The lowest BCUT2D eigenvalue weighted by atomic mass is 10.1. The van der Waals surface area contributed by atoms with Crippen LogP contribution in [0.4, 0.5) is 11.4 Å². The Morgan fingerprint density at radius 3 is 2.58 bits per heavy atom. The van der Waals surface area contributed by atoms with Gasteiger partial charge in [0.2, 0.25) is 11.8 Å². The molecule has 6 heteroatoms. The molecule has 136 valence electrons. The zero-order chi connectivity index (χ0) is 19.0. The van der Waals surface area contributed by atoms with Gasteiger partial charge in [-0.3, -0.25) is 9.59 Å². The van der Waals surface area contributed by atoms with E-state index in [2.05, 4.69) is 21.2 Å². The van der Waals surface area contributed by atoms with E-state index in [0.29, 0.717) is 11.6 Å². The minimum Gasteiger partial charge on any atom is -0.326 e. The lowest BCUT2D eigenvalue weighted by molar-refractivity contribution is -0.122. The third-order valence-electron chi connectivity index (χ3n) is 4.73. The number of anilines is 2. The van der Waals surface area contributed by atoms with Crippen molar-refractivity contribution in [3.05, 3.63) is 56.5 Å². The van der Waals surface area contributed by atoms with Gasteiger partial charge in [0.05, 0.1) is 5.92 Å². The summed E-state index contributed by atoms with van der Waals surface area (Å²) in [4.78, 5) is 26.7. The van der Waals surface area contributed by atoms with Gasteiger partial charge in [-0.2, -0.15) is 0 Å². The molecule has 0 bridgehead atoms. The van der Waals surface area contributed by atoms with Gasteiger partial charge in [-0.15, -0.1) is 0 Å². The molecule has 1 fully saturated rings. The van der Waals surface area contributed by atoms with E-state index in [-0.39, 0.29) is 24.2 Å². The van der Waals surface area contributed by atoms with Gasteiger partial charge < -0.3 is 10.2 Å². The number of carbonyl (C=O) groups excluding carboxylic acids is 2. The standard InChI is InChI=1S/C20H20BrClN2O2/c1-11-4-5-15(9-17(11)22)24-10-14(8-19(24)25)20(26)23-18-7-12(2)16(21)6-13(18)3/h4-7,9,14H,8,10H2,1-3H3,(H,23,26)/t14-/m1/s1. The fourth-order valence-corrected chi connectivity index (χ4v) is 3.67. The van der Waals surface area contributed by atoms with Crippen LogP contribution in [0.1, 0.15) is 23.1 Å². The lowest BCUT2D eigenvalue weighted by Gasteiger charge is -2.18. The Bertz CT molecular complexity index is 898. The third-order valence-corrected chi connectivity index (χ3v) is 5.99. The molecule has 3 rings (SSSR count). The van der Waals surface area contributed by atoms with E-state index in [1.165, 1.54) is 0 Å². The number of hydrogen-bond acceptors (Lipinski definition) is 2. The van der Waals surface area contributed by atoms with Crippen LogP contribution in [0.3, 0.4) is 0 Å². The van der Waals surface area contributed by atoms with Crippen LogP contribution in [0.5, 0.6) is 0 Å². The van der Waals surface area contributed by atoms with E-state index < -0.39 is 0 Å². The first-order chi connectivity index (χ1) is 12.3. The molecule has 0 unspecified atom stereocenters. The number of hydrogen-bond donors (Lipinski definition) is 1. The van der Waals surface area contributed by atoms with Crippen molar-refractivity contribution in [2.24, 2.45) is 5.92 Å². The molecule has 1 saturated heterocycles. The molecule has 1 aliphatic rings. The number of rotatable bonds is 3. The Hall–Kier alpha value is -1.85. The molecule has 0 saturated carbocycles. The summed E-state index contributed by atoms with van der Waals surface area (Å²) >= 11 is 9.66. The smallest absolute Gasteiger partial charge is 0.229 e. The van der Waals surface area contributed by atoms with Crippen LogP contribution >= 0.6 is 27.5 Å². The van der Waals surface area contributed by atoms with E-state index >= 15 is 0 Å². The number of nitrogens with one attached hydrogen (secondary N) is 1. The average Bonchev–Trinajstić information content (AvgIpc) is 2.97. The normalized spacial score (nSPS) is 16.9. The maximum Gasteiger partial charge on any atom is 0.229 e. The Morgan fingerprint density at radius 1 is 1.15 bits per heavy atom. The first-order valence-corrected chi connectivity index (χ1v) is 9.57. The third kappa shape index (κ3) is 3.79. The second-order valence-electron chi connectivity index (χ2n) is 6.74. The highest BCUT2D eigenvalue weighted by atomic mass is 79.9. The number of benzene rings is 2. The largest absolute Gasteiger partial charge is 0.326 e. The van der Waals surface area contributed by atoms with Crippen LogP contribution in [0.15, 0.2) is 34.8 Å². The summed E-state index contributed by atoms with van der Waals surface area (Å²) in [5, 5.41) is 3.58. The van der Waals surface area contributed by atoms with Crippen molar-refractivity contribution in [3.8, 4) is 0 Å². The van der Waals surface area contributed by atoms with Crippen LogP contribution < -0.4 is 10.2 Å². The van der Waals surface area contributed by atoms with E-state index in [1.807, 2.05) is 45.0 Å². The van der Waals surface area contributed by atoms with Crippen LogP contribution in [0.25, 0.3) is 0 Å². The zero-order valence-corrected chi connectivity index (χ0v) is 17.2. The van der Waals surface area contributed by atoms with Gasteiger partial charge in [-0.1, -0.05) is 33.6 Å². The number of carbonyl (C=O) groups is 2. The molecule has 2 aromatic carbocycles. The minimum absolute atomic E-state index is 0.0613. The summed E-state index contributed by atoms with van der Waals surface area (Å²) in [6.45, 7) is 6.19. The van der Waals surface area contributed by atoms with Crippen molar-refractivity contribution in [2.45, 2.75) is 27.2 Å². The highest BCUT2D eigenvalue weighted by molar-refractivity contribution is 9.10. The first-order valence-electron chi connectivity index (χ1n) is 8.40. The van der Waals surface area contributed by atoms with Gasteiger partial charge in [-0.25, -0.2) is 0 Å². The van der Waals surface area contributed by atoms with Crippen molar-refractivity contribution in [1.29, 1.82) is 0 Å². The summed E-state index contributed by atoms with van der Waals surface area (Å²) in [5.41, 5.74) is 4.49. The van der Waals surface area contributed by atoms with Gasteiger partial charge in [0.25, 0.3) is 0 Å². The number of aryl methyl sites for hydroxylation is 3. The second kappa shape index (κ2) is 7.41. The Balaban J connectivity index is 1.75. The van der Waals surface area contributed by atoms with Gasteiger partial charge in [0, 0.05) is 33.8 Å². The Morgan fingerprint density at radius 2 is 1.88 bits per heavy atom. The van der Waals surface area contributed by atoms with E-state index in [1.54, 1.807) is 11.0 Å². The predicted molar refractivity (Wildman–Crippen MR) is 109 cm³/mol. The van der Waals surface area contributed by atoms with Crippen LogP contribution in [0.2, 0.25) is 5.02 Å². The van der Waals surface area contributed by atoms with Crippen LogP contribution in [0, 0.1) is 26.7 Å².